The molecule has 128 valence electrons. The molecule has 0 spiro atoms. The molecule has 0 radical (unpaired) electrons. The quantitative estimate of drug-likeness (QED) is 0.857. The number of piperidine rings is 1. The van der Waals surface area contributed by atoms with Gasteiger partial charge in [-0.15, -0.1) is 23.7 Å². The second-order valence-electron chi connectivity index (χ2n) is 5.98. The Bertz CT molecular complexity index is 566. The molecule has 1 N–H and O–H groups in total. The zero-order valence-corrected chi connectivity index (χ0v) is 15.3. The number of nitrogens with one attached hydrogen (secondary N) is 1. The highest BCUT2D eigenvalue weighted by molar-refractivity contribution is 7.13. The number of likely N-dealkylation sites (tertiary alicyclic amines) is 1. The molecule has 2 aromatic rings. The Kier molecular flexibility index (Phi) is 7.02. The first kappa shape index (κ1) is 18.4. The highest BCUT2D eigenvalue weighted by Crippen LogP contribution is 2.29. The molecule has 1 fully saturated rings. The van der Waals surface area contributed by atoms with Gasteiger partial charge in [0.25, 0.3) is 0 Å². The van der Waals surface area contributed by atoms with Crippen molar-refractivity contribution in [3.63, 3.8) is 0 Å². The largest absolute Gasteiger partial charge is 0.337 e. The third-order valence-corrected chi connectivity index (χ3v) is 5.41. The van der Waals surface area contributed by atoms with Crippen LogP contribution in [0.4, 0.5) is 0 Å². The Hall–Kier alpha value is -0.950. The third-order valence-electron chi connectivity index (χ3n) is 4.54. The molecule has 0 bridgehead atoms. The van der Waals surface area contributed by atoms with E-state index in [9.17, 15) is 0 Å². The van der Waals surface area contributed by atoms with Crippen LogP contribution in [0.3, 0.4) is 0 Å². The molecule has 3 heterocycles. The van der Waals surface area contributed by atoms with Gasteiger partial charge in [-0.3, -0.25) is 4.90 Å². The van der Waals surface area contributed by atoms with Crippen LogP contribution in [0.1, 0.15) is 38.1 Å². The summed E-state index contributed by atoms with van der Waals surface area (Å²) in [5.41, 5.74) is 0. The normalized spacial score (nSPS) is 17.8. The summed E-state index contributed by atoms with van der Waals surface area (Å²) < 4.78 is 5.49. The lowest BCUT2D eigenvalue weighted by Gasteiger charge is -2.34. The fourth-order valence-corrected chi connectivity index (χ4v) is 3.69. The van der Waals surface area contributed by atoms with E-state index in [4.69, 9.17) is 4.52 Å². The van der Waals surface area contributed by atoms with Crippen LogP contribution in [-0.4, -0.2) is 41.7 Å². The van der Waals surface area contributed by atoms with Crippen molar-refractivity contribution in [3.8, 4) is 10.7 Å². The van der Waals surface area contributed by atoms with Crippen LogP contribution < -0.4 is 5.32 Å². The molecule has 3 rings (SSSR count). The predicted octanol–water partition coefficient (Wildman–Crippen LogP) is 3.60. The van der Waals surface area contributed by atoms with E-state index in [1.807, 2.05) is 24.6 Å². The maximum atomic E-state index is 5.49. The molecule has 0 amide bonds. The van der Waals surface area contributed by atoms with Gasteiger partial charge in [-0.25, -0.2) is 0 Å². The van der Waals surface area contributed by atoms with Crippen LogP contribution in [0.25, 0.3) is 10.7 Å². The second-order valence-corrected chi connectivity index (χ2v) is 6.93. The number of hydrogen-bond acceptors (Lipinski definition) is 6. The van der Waals surface area contributed by atoms with Crippen molar-refractivity contribution in [1.82, 2.24) is 20.4 Å². The van der Waals surface area contributed by atoms with Crippen LogP contribution in [0.2, 0.25) is 0 Å². The molecule has 2 aromatic heterocycles. The highest BCUT2D eigenvalue weighted by Gasteiger charge is 2.26. The highest BCUT2D eigenvalue weighted by atomic mass is 35.5. The van der Waals surface area contributed by atoms with E-state index in [-0.39, 0.29) is 18.4 Å². The van der Waals surface area contributed by atoms with Gasteiger partial charge in [-0.2, -0.15) is 4.98 Å². The van der Waals surface area contributed by atoms with Gasteiger partial charge >= 0.3 is 0 Å². The first-order valence-electron chi connectivity index (χ1n) is 8.04. The van der Waals surface area contributed by atoms with Crippen molar-refractivity contribution in [2.24, 2.45) is 5.92 Å². The molecule has 1 aliphatic heterocycles. The van der Waals surface area contributed by atoms with Crippen LogP contribution in [-0.2, 0) is 0 Å². The SMILES string of the molecule is CNCCC1CCN(C(C)c2nc(-c3cccs3)no2)CC1.Cl. The fourth-order valence-electron chi connectivity index (χ4n) is 3.04. The topological polar surface area (TPSA) is 54.2 Å². The molecule has 1 atom stereocenters. The van der Waals surface area contributed by atoms with Crippen molar-refractivity contribution in [2.75, 3.05) is 26.7 Å². The Balaban J connectivity index is 0.00000192. The minimum absolute atomic E-state index is 0. The molecule has 5 nitrogen and oxygen atoms in total. The molecule has 1 aliphatic rings. The zero-order chi connectivity index (χ0) is 15.4. The molecule has 23 heavy (non-hydrogen) atoms. The van der Waals surface area contributed by atoms with Crippen LogP contribution >= 0.6 is 23.7 Å². The summed E-state index contributed by atoms with van der Waals surface area (Å²) in [6, 6.07) is 4.23. The predicted molar refractivity (Wildman–Crippen MR) is 96.1 cm³/mol. The number of nitrogens with zero attached hydrogens (tertiary/aromatic N) is 3. The average Bonchev–Trinajstić information content (AvgIpc) is 3.23. The fraction of sp³-hybridized carbons (Fsp3) is 0.625. The minimum atomic E-state index is 0. The monoisotopic (exact) mass is 356 g/mol. The molecule has 1 saturated heterocycles. The Labute approximate surface area is 147 Å². The van der Waals surface area contributed by atoms with Gasteiger partial charge in [-0.05, 0) is 70.2 Å². The van der Waals surface area contributed by atoms with E-state index in [2.05, 4.69) is 27.3 Å². The molecular formula is C16H25ClN4OS. The summed E-state index contributed by atoms with van der Waals surface area (Å²) in [6.07, 6.45) is 3.80. The Morgan fingerprint density at radius 2 is 2.22 bits per heavy atom. The first-order valence-corrected chi connectivity index (χ1v) is 8.92. The summed E-state index contributed by atoms with van der Waals surface area (Å²) in [6.45, 7) is 5.52. The molecule has 0 aliphatic carbocycles. The van der Waals surface area contributed by atoms with E-state index in [0.29, 0.717) is 5.82 Å². The van der Waals surface area contributed by atoms with Gasteiger partial charge in [0.2, 0.25) is 11.7 Å². The third kappa shape index (κ3) is 4.53. The summed E-state index contributed by atoms with van der Waals surface area (Å²) >= 11 is 1.64. The van der Waals surface area contributed by atoms with Gasteiger partial charge in [0.15, 0.2) is 0 Å². The van der Waals surface area contributed by atoms with Crippen molar-refractivity contribution >= 4 is 23.7 Å². The van der Waals surface area contributed by atoms with Crippen LogP contribution in [0.5, 0.6) is 0 Å². The Morgan fingerprint density at radius 1 is 1.43 bits per heavy atom. The molecule has 1 unspecified atom stereocenters. The summed E-state index contributed by atoms with van der Waals surface area (Å²) in [4.78, 5) is 8.10. The zero-order valence-electron chi connectivity index (χ0n) is 13.7. The van der Waals surface area contributed by atoms with Crippen molar-refractivity contribution in [2.45, 2.75) is 32.2 Å². The number of aromatic nitrogens is 2. The van der Waals surface area contributed by atoms with Crippen LogP contribution in [0.15, 0.2) is 22.0 Å². The van der Waals surface area contributed by atoms with Crippen molar-refractivity contribution in [1.29, 1.82) is 0 Å². The van der Waals surface area contributed by atoms with Gasteiger partial charge in [0.05, 0.1) is 10.9 Å². The van der Waals surface area contributed by atoms with Gasteiger partial charge in [0, 0.05) is 0 Å². The van der Waals surface area contributed by atoms with Gasteiger partial charge in [-0.1, -0.05) is 11.2 Å². The Morgan fingerprint density at radius 3 is 2.87 bits per heavy atom. The lowest BCUT2D eigenvalue weighted by atomic mass is 9.93. The van der Waals surface area contributed by atoms with E-state index in [0.717, 1.165) is 36.3 Å². The number of halogens is 1. The van der Waals surface area contributed by atoms with E-state index in [1.165, 1.54) is 19.3 Å². The van der Waals surface area contributed by atoms with E-state index in [1.54, 1.807) is 11.3 Å². The number of hydrogen-bond donors (Lipinski definition) is 1. The summed E-state index contributed by atoms with van der Waals surface area (Å²) in [5.74, 6) is 2.29. The van der Waals surface area contributed by atoms with Gasteiger partial charge < -0.3 is 9.84 Å². The molecule has 7 heteroatoms. The van der Waals surface area contributed by atoms with Crippen molar-refractivity contribution in [3.05, 3.63) is 23.4 Å². The smallest absolute Gasteiger partial charge is 0.244 e. The first-order chi connectivity index (χ1) is 10.8. The minimum Gasteiger partial charge on any atom is -0.337 e. The molecular weight excluding hydrogens is 332 g/mol. The average molecular weight is 357 g/mol. The van der Waals surface area contributed by atoms with Crippen molar-refractivity contribution < 1.29 is 4.52 Å². The molecule has 0 saturated carbocycles. The van der Waals surface area contributed by atoms with E-state index >= 15 is 0 Å². The lowest BCUT2D eigenvalue weighted by Crippen LogP contribution is -2.36. The van der Waals surface area contributed by atoms with Crippen LogP contribution in [0, 0.1) is 5.92 Å². The summed E-state index contributed by atoms with van der Waals surface area (Å²) in [5, 5.41) is 9.40. The maximum absolute atomic E-state index is 5.49. The molecule has 0 aromatic carbocycles. The van der Waals surface area contributed by atoms with E-state index < -0.39 is 0 Å². The number of rotatable bonds is 6. The number of thiophene rings is 1. The standard InChI is InChI=1S/C16H24N4OS.ClH/c1-12(20-9-6-13(7-10-20)5-8-17-2)16-18-15(19-21-16)14-4-3-11-22-14;/h3-4,11-13,17H,5-10H2,1-2H3;1H. The second kappa shape index (κ2) is 8.78. The summed E-state index contributed by atoms with van der Waals surface area (Å²) in [7, 11) is 2.03. The van der Waals surface area contributed by atoms with Gasteiger partial charge in [0.1, 0.15) is 0 Å². The maximum Gasteiger partial charge on any atom is 0.244 e. The lowest BCUT2D eigenvalue weighted by molar-refractivity contribution is 0.117.